The highest BCUT2D eigenvalue weighted by atomic mass is 79.9. The fraction of sp³-hybridized carbons (Fsp3) is 0.444. The molecule has 0 aliphatic rings. The van der Waals surface area contributed by atoms with Crippen LogP contribution in [0.25, 0.3) is 0 Å². The molecular formula is C18H24BrNS. The standard InChI is InChI=1S/C18H24BrNS/c1-6-20-17(13-8-7-12(2)11-14(13)19)15-9-10-16(21-15)18(3,4)5/h7-11,17,20H,6H2,1-5H3. The van der Waals surface area contributed by atoms with Gasteiger partial charge in [0.2, 0.25) is 0 Å². The largest absolute Gasteiger partial charge is 0.306 e. The molecule has 1 unspecified atom stereocenters. The molecule has 1 aromatic carbocycles. The summed E-state index contributed by atoms with van der Waals surface area (Å²) >= 11 is 5.64. The number of nitrogens with one attached hydrogen (secondary N) is 1. The lowest BCUT2D eigenvalue weighted by molar-refractivity contribution is 0.604. The Kier molecular flexibility index (Phi) is 5.29. The van der Waals surface area contributed by atoms with Crippen molar-refractivity contribution < 1.29 is 0 Å². The van der Waals surface area contributed by atoms with Crippen molar-refractivity contribution >= 4 is 27.3 Å². The topological polar surface area (TPSA) is 12.0 Å². The van der Waals surface area contributed by atoms with Crippen molar-refractivity contribution in [1.82, 2.24) is 5.32 Å². The molecule has 0 saturated carbocycles. The number of aryl methyl sites for hydroxylation is 1. The Morgan fingerprint density at radius 1 is 1.19 bits per heavy atom. The quantitative estimate of drug-likeness (QED) is 0.719. The van der Waals surface area contributed by atoms with E-state index in [-0.39, 0.29) is 11.5 Å². The van der Waals surface area contributed by atoms with Crippen LogP contribution in [-0.4, -0.2) is 6.54 Å². The van der Waals surface area contributed by atoms with E-state index in [2.05, 4.69) is 86.2 Å². The second-order valence-electron chi connectivity index (χ2n) is 6.47. The Morgan fingerprint density at radius 3 is 2.43 bits per heavy atom. The minimum Gasteiger partial charge on any atom is -0.306 e. The van der Waals surface area contributed by atoms with Crippen LogP contribution >= 0.6 is 27.3 Å². The molecule has 1 nitrogen and oxygen atoms in total. The minimum absolute atomic E-state index is 0.212. The highest BCUT2D eigenvalue weighted by molar-refractivity contribution is 9.10. The van der Waals surface area contributed by atoms with Gasteiger partial charge in [-0.1, -0.05) is 55.8 Å². The van der Waals surface area contributed by atoms with E-state index in [0.29, 0.717) is 0 Å². The summed E-state index contributed by atoms with van der Waals surface area (Å²) in [6.45, 7) is 12.0. The summed E-state index contributed by atoms with van der Waals surface area (Å²) < 4.78 is 1.18. The molecule has 1 heterocycles. The van der Waals surface area contributed by atoms with E-state index < -0.39 is 0 Å². The van der Waals surface area contributed by atoms with Gasteiger partial charge in [-0.3, -0.25) is 0 Å². The third-order valence-corrected chi connectivity index (χ3v) is 5.79. The first-order valence-electron chi connectivity index (χ1n) is 7.42. The number of benzene rings is 1. The van der Waals surface area contributed by atoms with Gasteiger partial charge in [-0.25, -0.2) is 0 Å². The molecule has 3 heteroatoms. The molecule has 0 aliphatic carbocycles. The molecule has 0 saturated heterocycles. The fourth-order valence-electron chi connectivity index (χ4n) is 2.35. The van der Waals surface area contributed by atoms with Gasteiger partial charge in [-0.05, 0) is 48.2 Å². The van der Waals surface area contributed by atoms with Gasteiger partial charge in [0.1, 0.15) is 0 Å². The Morgan fingerprint density at radius 2 is 1.90 bits per heavy atom. The monoisotopic (exact) mass is 365 g/mol. The molecule has 21 heavy (non-hydrogen) atoms. The first-order chi connectivity index (χ1) is 9.82. The zero-order valence-electron chi connectivity index (χ0n) is 13.5. The molecule has 0 aliphatic heterocycles. The van der Waals surface area contributed by atoms with Crippen molar-refractivity contribution in [3.05, 3.63) is 55.7 Å². The molecule has 2 rings (SSSR count). The maximum Gasteiger partial charge on any atom is 0.0682 e. The van der Waals surface area contributed by atoms with Gasteiger partial charge in [0.25, 0.3) is 0 Å². The van der Waals surface area contributed by atoms with E-state index in [9.17, 15) is 0 Å². The number of halogens is 1. The Hall–Kier alpha value is -0.640. The first-order valence-corrected chi connectivity index (χ1v) is 9.03. The predicted octanol–water partition coefficient (Wildman–Crippen LogP) is 5.82. The van der Waals surface area contributed by atoms with Gasteiger partial charge in [0, 0.05) is 14.2 Å². The highest BCUT2D eigenvalue weighted by Crippen LogP contribution is 2.36. The van der Waals surface area contributed by atoms with E-state index in [1.807, 2.05) is 11.3 Å². The summed E-state index contributed by atoms with van der Waals surface area (Å²) in [7, 11) is 0. The van der Waals surface area contributed by atoms with E-state index in [1.54, 1.807) is 0 Å². The molecule has 2 aromatic rings. The first kappa shape index (κ1) is 16.7. The SMILES string of the molecule is CCNC(c1ccc(C(C)(C)C)s1)c1ccc(C)cc1Br. The smallest absolute Gasteiger partial charge is 0.0682 e. The van der Waals surface area contributed by atoms with Crippen LogP contribution in [0.4, 0.5) is 0 Å². The van der Waals surface area contributed by atoms with Gasteiger partial charge in [0.15, 0.2) is 0 Å². The van der Waals surface area contributed by atoms with Crippen molar-refractivity contribution in [2.45, 2.75) is 46.1 Å². The minimum atomic E-state index is 0.212. The number of hydrogen-bond donors (Lipinski definition) is 1. The van der Waals surface area contributed by atoms with Crippen molar-refractivity contribution in [3.8, 4) is 0 Å². The molecule has 1 aromatic heterocycles. The lowest BCUT2D eigenvalue weighted by Gasteiger charge is -2.20. The zero-order valence-corrected chi connectivity index (χ0v) is 15.9. The van der Waals surface area contributed by atoms with Gasteiger partial charge in [-0.2, -0.15) is 0 Å². The van der Waals surface area contributed by atoms with Crippen LogP contribution in [0.15, 0.2) is 34.8 Å². The third-order valence-electron chi connectivity index (χ3n) is 3.53. The van der Waals surface area contributed by atoms with Crippen LogP contribution in [0.2, 0.25) is 0 Å². The van der Waals surface area contributed by atoms with Gasteiger partial charge in [0.05, 0.1) is 6.04 Å². The fourth-order valence-corrected chi connectivity index (χ4v) is 4.23. The van der Waals surface area contributed by atoms with Crippen molar-refractivity contribution in [3.63, 3.8) is 0 Å². The van der Waals surface area contributed by atoms with Crippen LogP contribution in [0.1, 0.15) is 54.6 Å². The number of thiophene rings is 1. The van der Waals surface area contributed by atoms with E-state index in [4.69, 9.17) is 0 Å². The average Bonchev–Trinajstić information content (AvgIpc) is 2.86. The van der Waals surface area contributed by atoms with Crippen LogP contribution < -0.4 is 5.32 Å². The number of rotatable bonds is 4. The maximum absolute atomic E-state index is 3.73. The lowest BCUT2D eigenvalue weighted by Crippen LogP contribution is -2.21. The number of hydrogen-bond acceptors (Lipinski definition) is 2. The Bertz CT molecular complexity index is 610. The van der Waals surface area contributed by atoms with Crippen molar-refractivity contribution in [2.75, 3.05) is 6.54 Å². The van der Waals surface area contributed by atoms with Crippen molar-refractivity contribution in [1.29, 1.82) is 0 Å². The zero-order chi connectivity index (χ0) is 15.6. The second-order valence-corrected chi connectivity index (χ2v) is 8.44. The van der Waals surface area contributed by atoms with Crippen LogP contribution in [0.5, 0.6) is 0 Å². The second kappa shape index (κ2) is 6.64. The maximum atomic E-state index is 3.73. The van der Waals surface area contributed by atoms with Gasteiger partial charge < -0.3 is 5.32 Å². The molecule has 0 amide bonds. The Labute approximate surface area is 140 Å². The van der Waals surface area contributed by atoms with Gasteiger partial charge >= 0.3 is 0 Å². The highest BCUT2D eigenvalue weighted by Gasteiger charge is 2.21. The average molecular weight is 366 g/mol. The molecule has 0 spiro atoms. The van der Waals surface area contributed by atoms with E-state index >= 15 is 0 Å². The summed E-state index contributed by atoms with van der Waals surface area (Å²) in [6.07, 6.45) is 0. The molecule has 1 N–H and O–H groups in total. The summed E-state index contributed by atoms with van der Waals surface area (Å²) in [5.41, 5.74) is 2.80. The lowest BCUT2D eigenvalue weighted by atomic mass is 9.95. The summed E-state index contributed by atoms with van der Waals surface area (Å²) in [4.78, 5) is 2.81. The van der Waals surface area contributed by atoms with E-state index in [1.165, 1.54) is 25.4 Å². The third kappa shape index (κ3) is 3.97. The van der Waals surface area contributed by atoms with Gasteiger partial charge in [-0.15, -0.1) is 11.3 Å². The molecule has 0 bridgehead atoms. The van der Waals surface area contributed by atoms with E-state index in [0.717, 1.165) is 6.54 Å². The molecule has 0 radical (unpaired) electrons. The molecule has 114 valence electrons. The normalized spacial score (nSPS) is 13.4. The molecular weight excluding hydrogens is 342 g/mol. The van der Waals surface area contributed by atoms with Crippen LogP contribution in [0.3, 0.4) is 0 Å². The van der Waals surface area contributed by atoms with Crippen LogP contribution in [-0.2, 0) is 5.41 Å². The summed E-state index contributed by atoms with van der Waals surface area (Å²) in [5.74, 6) is 0. The van der Waals surface area contributed by atoms with Crippen molar-refractivity contribution in [2.24, 2.45) is 0 Å². The van der Waals surface area contributed by atoms with Crippen LogP contribution in [0, 0.1) is 6.92 Å². The summed E-state index contributed by atoms with van der Waals surface area (Å²) in [6, 6.07) is 11.4. The molecule has 0 fully saturated rings. The predicted molar refractivity (Wildman–Crippen MR) is 97.4 cm³/mol. The Balaban J connectivity index is 2.41. The molecule has 1 atom stereocenters. The summed E-state index contributed by atoms with van der Waals surface area (Å²) in [5, 5.41) is 3.62.